The minimum absolute atomic E-state index is 0.0169. The number of nitrogens with zero attached hydrogens (tertiary/aromatic N) is 1. The highest BCUT2D eigenvalue weighted by molar-refractivity contribution is 5.91. The monoisotopic (exact) mass is 316 g/mol. The van der Waals surface area contributed by atoms with E-state index in [4.69, 9.17) is 9.47 Å². The fourth-order valence-electron chi connectivity index (χ4n) is 2.33. The van der Waals surface area contributed by atoms with Gasteiger partial charge in [0.25, 0.3) is 0 Å². The van der Waals surface area contributed by atoms with Crippen molar-refractivity contribution >= 4 is 17.8 Å². The van der Waals surface area contributed by atoms with Crippen molar-refractivity contribution in [2.45, 2.75) is 19.3 Å². The molecular weight excluding hydrogens is 300 g/mol. The number of esters is 1. The molecule has 2 aliphatic heterocycles. The lowest BCUT2D eigenvalue weighted by molar-refractivity contribution is -0.154. The van der Waals surface area contributed by atoms with Crippen molar-refractivity contribution in [3.63, 3.8) is 0 Å². The molecule has 3 rings (SSSR count). The van der Waals surface area contributed by atoms with Crippen LogP contribution in [0.5, 0.6) is 0 Å². The topological polar surface area (TPSA) is 84.9 Å². The second-order valence-electron chi connectivity index (χ2n) is 5.27. The standard InChI is InChI=1S/C16H16N2O5/c19-13(6-12-9-18-14(20)7-15(18)23-12)17-8-16(21)22-10-11-4-2-1-3-5-11/h1-6,15H,7-10H2,(H,17,19)/b12-6-. The molecule has 120 valence electrons. The summed E-state index contributed by atoms with van der Waals surface area (Å²) in [4.78, 5) is 36.0. The van der Waals surface area contributed by atoms with E-state index in [-0.39, 0.29) is 25.3 Å². The molecule has 0 spiro atoms. The van der Waals surface area contributed by atoms with E-state index in [0.717, 1.165) is 5.56 Å². The molecular formula is C16H16N2O5. The number of hydrogen-bond donors (Lipinski definition) is 1. The summed E-state index contributed by atoms with van der Waals surface area (Å²) in [5, 5.41) is 2.43. The zero-order chi connectivity index (χ0) is 16.2. The summed E-state index contributed by atoms with van der Waals surface area (Å²) in [5.41, 5.74) is 0.878. The van der Waals surface area contributed by atoms with E-state index in [1.54, 1.807) is 4.90 Å². The predicted molar refractivity (Wildman–Crippen MR) is 78.5 cm³/mol. The van der Waals surface area contributed by atoms with Gasteiger partial charge in [-0.3, -0.25) is 19.3 Å². The van der Waals surface area contributed by atoms with Crippen LogP contribution in [0.2, 0.25) is 0 Å². The predicted octanol–water partition coefficient (Wildman–Crippen LogP) is 0.319. The SMILES string of the molecule is O=C(/C=C1/CN2C(=O)CC2O1)NCC(=O)OCc1ccccc1. The summed E-state index contributed by atoms with van der Waals surface area (Å²) in [7, 11) is 0. The molecule has 0 radical (unpaired) electrons. The zero-order valence-electron chi connectivity index (χ0n) is 12.4. The molecule has 7 heteroatoms. The molecule has 0 saturated carbocycles. The van der Waals surface area contributed by atoms with E-state index in [1.165, 1.54) is 6.08 Å². The Morgan fingerprint density at radius 1 is 1.35 bits per heavy atom. The highest BCUT2D eigenvalue weighted by Gasteiger charge is 2.43. The Morgan fingerprint density at radius 2 is 2.13 bits per heavy atom. The Balaban J connectivity index is 1.39. The summed E-state index contributed by atoms with van der Waals surface area (Å²) in [5.74, 6) is -0.530. The van der Waals surface area contributed by atoms with Crippen molar-refractivity contribution in [3.05, 3.63) is 47.7 Å². The number of amides is 2. The Bertz CT molecular complexity index is 656. The summed E-state index contributed by atoms with van der Waals surface area (Å²) < 4.78 is 10.5. The number of carbonyl (C=O) groups excluding carboxylic acids is 3. The van der Waals surface area contributed by atoms with Crippen molar-refractivity contribution in [2.24, 2.45) is 0 Å². The van der Waals surface area contributed by atoms with Gasteiger partial charge < -0.3 is 14.8 Å². The molecule has 0 bridgehead atoms. The molecule has 1 N–H and O–H groups in total. The van der Waals surface area contributed by atoms with E-state index in [9.17, 15) is 14.4 Å². The first-order chi connectivity index (χ1) is 11.1. The van der Waals surface area contributed by atoms with E-state index in [1.807, 2.05) is 30.3 Å². The van der Waals surface area contributed by atoms with Crippen molar-refractivity contribution in [2.75, 3.05) is 13.1 Å². The van der Waals surface area contributed by atoms with Crippen molar-refractivity contribution in [3.8, 4) is 0 Å². The molecule has 0 aromatic heterocycles. The molecule has 23 heavy (non-hydrogen) atoms. The van der Waals surface area contributed by atoms with Gasteiger partial charge >= 0.3 is 5.97 Å². The van der Waals surface area contributed by atoms with Gasteiger partial charge in [0, 0.05) is 6.08 Å². The first kappa shape index (κ1) is 15.1. The lowest BCUT2D eigenvalue weighted by Crippen LogP contribution is -2.48. The van der Waals surface area contributed by atoms with Crippen molar-refractivity contribution in [1.29, 1.82) is 0 Å². The number of ether oxygens (including phenoxy) is 2. The number of nitrogens with one attached hydrogen (secondary N) is 1. The van der Waals surface area contributed by atoms with Crippen molar-refractivity contribution in [1.82, 2.24) is 10.2 Å². The number of carbonyl (C=O) groups is 3. The van der Waals surface area contributed by atoms with Crippen LogP contribution in [0.3, 0.4) is 0 Å². The third-order valence-electron chi connectivity index (χ3n) is 3.57. The van der Waals surface area contributed by atoms with Gasteiger partial charge in [0.2, 0.25) is 11.8 Å². The van der Waals surface area contributed by atoms with Crippen LogP contribution in [0.15, 0.2) is 42.2 Å². The first-order valence-corrected chi connectivity index (χ1v) is 7.26. The number of β-lactam (4-membered cyclic amide) rings is 1. The fraction of sp³-hybridized carbons (Fsp3) is 0.312. The van der Waals surface area contributed by atoms with E-state index >= 15 is 0 Å². The van der Waals surface area contributed by atoms with Crippen LogP contribution in [-0.2, 0) is 30.5 Å². The molecule has 2 amide bonds. The van der Waals surface area contributed by atoms with Gasteiger partial charge in [0.1, 0.15) is 18.9 Å². The van der Waals surface area contributed by atoms with Crippen LogP contribution < -0.4 is 5.32 Å². The molecule has 1 atom stereocenters. The van der Waals surface area contributed by atoms with E-state index in [2.05, 4.69) is 5.32 Å². The van der Waals surface area contributed by atoms with Crippen LogP contribution in [0.1, 0.15) is 12.0 Å². The van der Waals surface area contributed by atoms with Gasteiger partial charge in [-0.1, -0.05) is 30.3 Å². The second kappa shape index (κ2) is 6.51. The van der Waals surface area contributed by atoms with E-state index < -0.39 is 11.9 Å². The largest absolute Gasteiger partial charge is 0.472 e. The number of rotatable bonds is 5. The van der Waals surface area contributed by atoms with Crippen LogP contribution in [0.4, 0.5) is 0 Å². The van der Waals surface area contributed by atoms with Gasteiger partial charge in [-0.05, 0) is 5.56 Å². The first-order valence-electron chi connectivity index (χ1n) is 7.26. The Hall–Kier alpha value is -2.83. The molecule has 2 saturated heterocycles. The second-order valence-corrected chi connectivity index (χ2v) is 5.27. The van der Waals surface area contributed by atoms with Gasteiger partial charge in [-0.25, -0.2) is 0 Å². The third kappa shape index (κ3) is 3.68. The van der Waals surface area contributed by atoms with Gasteiger partial charge in [0.15, 0.2) is 6.23 Å². The minimum Gasteiger partial charge on any atom is -0.472 e. The summed E-state index contributed by atoms with van der Waals surface area (Å²) in [6.07, 6.45) is 1.37. The maximum absolute atomic E-state index is 11.7. The Labute approximate surface area is 132 Å². The van der Waals surface area contributed by atoms with Gasteiger partial charge in [0.05, 0.1) is 13.0 Å². The lowest BCUT2D eigenvalue weighted by Gasteiger charge is -2.30. The highest BCUT2D eigenvalue weighted by atomic mass is 16.5. The molecule has 2 heterocycles. The zero-order valence-corrected chi connectivity index (χ0v) is 12.4. The summed E-state index contributed by atoms with van der Waals surface area (Å²) in [6.45, 7) is 0.245. The lowest BCUT2D eigenvalue weighted by atomic mass is 10.2. The molecule has 7 nitrogen and oxygen atoms in total. The molecule has 1 aromatic rings. The minimum atomic E-state index is -0.521. The van der Waals surface area contributed by atoms with Crippen molar-refractivity contribution < 1.29 is 23.9 Å². The summed E-state index contributed by atoms with van der Waals surface area (Å²) in [6, 6.07) is 9.27. The average molecular weight is 316 g/mol. The number of fused-ring (bicyclic) bond motifs is 1. The van der Waals surface area contributed by atoms with Crippen LogP contribution in [-0.4, -0.2) is 42.0 Å². The number of hydrogen-bond acceptors (Lipinski definition) is 5. The normalized spacial score (nSPS) is 20.5. The number of benzene rings is 1. The molecule has 1 unspecified atom stereocenters. The molecule has 2 aliphatic rings. The van der Waals surface area contributed by atoms with Crippen LogP contribution >= 0.6 is 0 Å². The van der Waals surface area contributed by atoms with Crippen LogP contribution in [0, 0.1) is 0 Å². The van der Waals surface area contributed by atoms with Gasteiger partial charge in [-0.2, -0.15) is 0 Å². The maximum atomic E-state index is 11.7. The van der Waals surface area contributed by atoms with E-state index in [0.29, 0.717) is 18.7 Å². The highest BCUT2D eigenvalue weighted by Crippen LogP contribution is 2.30. The molecule has 0 aliphatic carbocycles. The Kier molecular flexibility index (Phi) is 4.27. The quantitative estimate of drug-likeness (QED) is 0.480. The Morgan fingerprint density at radius 3 is 2.83 bits per heavy atom. The van der Waals surface area contributed by atoms with Gasteiger partial charge in [-0.15, -0.1) is 0 Å². The molecule has 1 aromatic carbocycles. The summed E-state index contributed by atoms with van der Waals surface area (Å²) >= 11 is 0. The molecule has 2 fully saturated rings. The fourth-order valence-corrected chi connectivity index (χ4v) is 2.33. The average Bonchev–Trinajstić information content (AvgIpc) is 2.88. The third-order valence-corrected chi connectivity index (χ3v) is 3.57. The van der Waals surface area contributed by atoms with Crippen LogP contribution in [0.25, 0.3) is 0 Å². The maximum Gasteiger partial charge on any atom is 0.325 e. The smallest absolute Gasteiger partial charge is 0.325 e.